The van der Waals surface area contributed by atoms with Gasteiger partial charge in [0.15, 0.2) is 0 Å². The fourth-order valence-corrected chi connectivity index (χ4v) is 1.26. The second-order valence-electron chi connectivity index (χ2n) is 2.85. The number of rotatable bonds is 1. The maximum atomic E-state index is 11.0. The summed E-state index contributed by atoms with van der Waals surface area (Å²) in [6.45, 7) is 3.94. The van der Waals surface area contributed by atoms with Gasteiger partial charge in [0.25, 0.3) is 0 Å². The van der Waals surface area contributed by atoms with Crippen LogP contribution in [0.1, 0.15) is 13.8 Å². The standard InChI is InChI=1S/C6H9IN2O2/c1-6(2,7)9-3-4(10)8-5(9)11/h3H2,1-2H3,(H,8,10,11). The molecule has 0 radical (unpaired) electrons. The molecule has 0 saturated carbocycles. The van der Waals surface area contributed by atoms with Gasteiger partial charge in [0.2, 0.25) is 5.91 Å². The third-order valence-electron chi connectivity index (χ3n) is 1.44. The molecule has 0 spiro atoms. The minimum absolute atomic E-state index is 0.175. The Balaban J connectivity index is 2.76. The number of nitrogens with zero attached hydrogens (tertiary/aromatic N) is 1. The Bertz CT molecular complexity index is 209. The van der Waals surface area contributed by atoms with Gasteiger partial charge >= 0.3 is 6.03 Å². The van der Waals surface area contributed by atoms with Crippen molar-refractivity contribution in [2.75, 3.05) is 6.54 Å². The number of carbonyl (C=O) groups is 2. The van der Waals surface area contributed by atoms with E-state index in [1.54, 1.807) is 0 Å². The van der Waals surface area contributed by atoms with Crippen molar-refractivity contribution in [1.82, 2.24) is 10.2 Å². The van der Waals surface area contributed by atoms with Gasteiger partial charge in [0.1, 0.15) is 6.54 Å². The number of alkyl halides is 1. The fourth-order valence-electron chi connectivity index (χ4n) is 0.871. The smallest absolute Gasteiger partial charge is 0.301 e. The molecule has 11 heavy (non-hydrogen) atoms. The van der Waals surface area contributed by atoms with E-state index in [1.165, 1.54) is 4.90 Å². The Labute approximate surface area is 78.5 Å². The summed E-state index contributed by atoms with van der Waals surface area (Å²) in [5.41, 5.74) is 0. The Morgan fingerprint density at radius 3 is 2.27 bits per heavy atom. The van der Waals surface area contributed by atoms with Crippen molar-refractivity contribution in [3.8, 4) is 0 Å². The number of hydrogen-bond donors (Lipinski definition) is 1. The highest BCUT2D eigenvalue weighted by Gasteiger charge is 2.35. The van der Waals surface area contributed by atoms with Crippen LogP contribution in [-0.2, 0) is 4.79 Å². The van der Waals surface area contributed by atoms with Crippen LogP contribution in [0, 0.1) is 0 Å². The summed E-state index contributed by atoms with van der Waals surface area (Å²) in [5.74, 6) is -0.222. The zero-order chi connectivity index (χ0) is 8.65. The molecule has 0 atom stereocenters. The molecule has 62 valence electrons. The molecule has 0 aromatic rings. The third-order valence-corrected chi connectivity index (χ3v) is 2.02. The lowest BCUT2D eigenvalue weighted by molar-refractivity contribution is -0.118. The van der Waals surface area contributed by atoms with Gasteiger partial charge in [-0.25, -0.2) is 4.79 Å². The predicted octanol–water partition coefficient (Wildman–Crippen LogP) is 0.709. The predicted molar refractivity (Wildman–Crippen MR) is 48.3 cm³/mol. The molecule has 1 saturated heterocycles. The summed E-state index contributed by atoms with van der Waals surface area (Å²) in [7, 11) is 0. The van der Waals surface area contributed by atoms with Crippen molar-refractivity contribution in [2.24, 2.45) is 0 Å². The molecule has 1 N–H and O–H groups in total. The van der Waals surface area contributed by atoms with Crippen LogP contribution < -0.4 is 5.32 Å². The quantitative estimate of drug-likeness (QED) is 0.329. The van der Waals surface area contributed by atoms with Crippen molar-refractivity contribution >= 4 is 34.5 Å². The average molecular weight is 268 g/mol. The van der Waals surface area contributed by atoms with E-state index in [-0.39, 0.29) is 22.0 Å². The lowest BCUT2D eigenvalue weighted by Crippen LogP contribution is -2.40. The first kappa shape index (κ1) is 8.76. The molecule has 0 aliphatic carbocycles. The summed E-state index contributed by atoms with van der Waals surface area (Å²) in [5, 5.41) is 2.22. The van der Waals surface area contributed by atoms with Gasteiger partial charge in [-0.15, -0.1) is 0 Å². The van der Waals surface area contributed by atoms with E-state index in [9.17, 15) is 9.59 Å². The van der Waals surface area contributed by atoms with Gasteiger partial charge in [-0.1, -0.05) is 22.6 Å². The van der Waals surface area contributed by atoms with E-state index in [0.29, 0.717) is 0 Å². The summed E-state index contributed by atoms with van der Waals surface area (Å²) >= 11 is 2.12. The van der Waals surface area contributed by atoms with Gasteiger partial charge in [0.05, 0.1) is 3.55 Å². The zero-order valence-corrected chi connectivity index (χ0v) is 8.51. The third kappa shape index (κ3) is 1.82. The van der Waals surface area contributed by atoms with E-state index in [1.807, 2.05) is 13.8 Å². The molecule has 1 heterocycles. The van der Waals surface area contributed by atoms with E-state index in [0.717, 1.165) is 0 Å². The first-order chi connectivity index (χ1) is 4.91. The van der Waals surface area contributed by atoms with Crippen LogP contribution in [0.25, 0.3) is 0 Å². The molecule has 3 amide bonds. The normalized spacial score (nSPS) is 19.0. The molecule has 0 aromatic carbocycles. The summed E-state index contributed by atoms with van der Waals surface area (Å²) in [6, 6.07) is -0.297. The SMILES string of the molecule is CC(C)(I)N1CC(=O)NC1=O. The highest BCUT2D eigenvalue weighted by molar-refractivity contribution is 14.1. The van der Waals surface area contributed by atoms with Crippen LogP contribution in [0.5, 0.6) is 0 Å². The maximum Gasteiger partial charge on any atom is 0.325 e. The van der Waals surface area contributed by atoms with Crippen LogP contribution in [-0.4, -0.2) is 26.9 Å². The Kier molecular flexibility index (Phi) is 2.08. The van der Waals surface area contributed by atoms with Crippen molar-refractivity contribution in [2.45, 2.75) is 17.4 Å². The van der Waals surface area contributed by atoms with Gasteiger partial charge in [-0.2, -0.15) is 0 Å². The van der Waals surface area contributed by atoms with E-state index >= 15 is 0 Å². The fraction of sp³-hybridized carbons (Fsp3) is 0.667. The number of amides is 3. The second kappa shape index (κ2) is 2.62. The largest absolute Gasteiger partial charge is 0.325 e. The Morgan fingerprint density at radius 2 is 2.09 bits per heavy atom. The lowest BCUT2D eigenvalue weighted by Gasteiger charge is -2.27. The topological polar surface area (TPSA) is 49.4 Å². The highest BCUT2D eigenvalue weighted by atomic mass is 127. The Morgan fingerprint density at radius 1 is 1.55 bits per heavy atom. The number of carbonyl (C=O) groups excluding carboxylic acids is 2. The van der Waals surface area contributed by atoms with Crippen LogP contribution in [0.15, 0.2) is 0 Å². The van der Waals surface area contributed by atoms with Crippen LogP contribution in [0.4, 0.5) is 4.79 Å². The molecular formula is C6H9IN2O2. The van der Waals surface area contributed by atoms with E-state index in [4.69, 9.17) is 0 Å². The summed E-state index contributed by atoms with van der Waals surface area (Å²) in [4.78, 5) is 23.3. The number of imide groups is 1. The monoisotopic (exact) mass is 268 g/mol. The van der Waals surface area contributed by atoms with Crippen LogP contribution in [0.3, 0.4) is 0 Å². The highest BCUT2D eigenvalue weighted by Crippen LogP contribution is 2.23. The van der Waals surface area contributed by atoms with Crippen molar-refractivity contribution in [3.05, 3.63) is 0 Å². The first-order valence-electron chi connectivity index (χ1n) is 3.21. The summed E-state index contributed by atoms with van der Waals surface area (Å²) in [6.07, 6.45) is 0. The summed E-state index contributed by atoms with van der Waals surface area (Å²) < 4.78 is -0.298. The number of nitrogens with one attached hydrogen (secondary N) is 1. The van der Waals surface area contributed by atoms with Crippen LogP contribution >= 0.6 is 22.6 Å². The molecule has 5 heteroatoms. The molecular weight excluding hydrogens is 259 g/mol. The zero-order valence-electron chi connectivity index (χ0n) is 6.35. The maximum absolute atomic E-state index is 11.0. The lowest BCUT2D eigenvalue weighted by atomic mass is 10.3. The molecule has 1 fully saturated rings. The van der Waals surface area contributed by atoms with Gasteiger partial charge in [0, 0.05) is 0 Å². The van der Waals surface area contributed by atoms with Gasteiger partial charge < -0.3 is 4.90 Å². The molecule has 1 aliphatic heterocycles. The second-order valence-corrected chi connectivity index (χ2v) is 5.49. The molecule has 0 bridgehead atoms. The minimum atomic E-state index is -0.298. The Hall–Kier alpha value is -0.330. The first-order valence-corrected chi connectivity index (χ1v) is 4.29. The van der Waals surface area contributed by atoms with Crippen molar-refractivity contribution < 1.29 is 9.59 Å². The molecule has 0 unspecified atom stereocenters. The molecule has 4 nitrogen and oxygen atoms in total. The number of hydrogen-bond acceptors (Lipinski definition) is 2. The van der Waals surface area contributed by atoms with Crippen molar-refractivity contribution in [3.63, 3.8) is 0 Å². The molecule has 1 aliphatic rings. The average Bonchev–Trinajstić information content (AvgIpc) is 2.08. The van der Waals surface area contributed by atoms with Crippen LogP contribution in [0.2, 0.25) is 0 Å². The number of urea groups is 1. The van der Waals surface area contributed by atoms with E-state index in [2.05, 4.69) is 27.9 Å². The van der Waals surface area contributed by atoms with Gasteiger partial charge in [-0.3, -0.25) is 10.1 Å². The van der Waals surface area contributed by atoms with E-state index < -0.39 is 0 Å². The molecule has 1 rings (SSSR count). The molecule has 0 aromatic heterocycles. The van der Waals surface area contributed by atoms with Gasteiger partial charge in [-0.05, 0) is 13.8 Å². The van der Waals surface area contributed by atoms with Crippen molar-refractivity contribution in [1.29, 1.82) is 0 Å². The number of halogens is 1. The minimum Gasteiger partial charge on any atom is -0.301 e.